The lowest BCUT2D eigenvalue weighted by molar-refractivity contribution is -0.309. The van der Waals surface area contributed by atoms with E-state index in [0.717, 1.165) is 13.8 Å². The molecule has 0 saturated carbocycles. The number of esters is 1. The van der Waals surface area contributed by atoms with Crippen LogP contribution in [0, 0.1) is 0 Å². The Hall–Kier alpha value is -1.59. The smallest absolute Gasteiger partial charge is 0.302 e. The van der Waals surface area contributed by atoms with E-state index in [4.69, 9.17) is 0 Å². The summed E-state index contributed by atoms with van der Waals surface area (Å²) < 4.78 is 4.39. The molecule has 6 heteroatoms. The third-order valence-corrected chi connectivity index (χ3v) is 1.12. The van der Waals surface area contributed by atoms with Crippen molar-refractivity contribution in [2.24, 2.45) is 0 Å². The molecule has 1 atom stereocenters. The molecule has 0 rings (SSSR count). The fraction of sp³-hybridized carbons (Fsp3) is 0.571. The summed E-state index contributed by atoms with van der Waals surface area (Å²) in [4.78, 5) is 31.1. The van der Waals surface area contributed by atoms with Crippen molar-refractivity contribution in [3.05, 3.63) is 0 Å². The Bertz CT molecular complexity index is 225. The summed E-state index contributed by atoms with van der Waals surface area (Å²) in [7, 11) is 0. The summed E-state index contributed by atoms with van der Waals surface area (Å²) in [6, 6.07) is -1.29. The van der Waals surface area contributed by atoms with Gasteiger partial charge in [0, 0.05) is 13.8 Å². The normalized spacial score (nSPS) is 11.5. The predicted molar refractivity (Wildman–Crippen MR) is 39.2 cm³/mol. The van der Waals surface area contributed by atoms with Crippen LogP contribution in [0.2, 0.25) is 0 Å². The number of hydrogen-bond donors (Lipinski definition) is 1. The SMILES string of the molecule is CC(=O)N[C@@H](COC(C)=O)C(=O)[O-]. The Morgan fingerprint density at radius 1 is 1.38 bits per heavy atom. The molecule has 0 saturated heterocycles. The Balaban J connectivity index is 4.02. The van der Waals surface area contributed by atoms with Crippen LogP contribution in [0.4, 0.5) is 0 Å². The van der Waals surface area contributed by atoms with Gasteiger partial charge in [0.25, 0.3) is 0 Å². The van der Waals surface area contributed by atoms with E-state index >= 15 is 0 Å². The van der Waals surface area contributed by atoms with Gasteiger partial charge in [0.2, 0.25) is 5.91 Å². The summed E-state index contributed by atoms with van der Waals surface area (Å²) in [5.74, 6) is -2.63. The molecule has 0 aliphatic carbocycles. The molecule has 0 aromatic carbocycles. The molecule has 0 aromatic rings. The average molecular weight is 188 g/mol. The van der Waals surface area contributed by atoms with E-state index in [1.54, 1.807) is 0 Å². The molecule has 0 aromatic heterocycles. The van der Waals surface area contributed by atoms with Crippen LogP contribution in [0.5, 0.6) is 0 Å². The van der Waals surface area contributed by atoms with E-state index in [-0.39, 0.29) is 0 Å². The second kappa shape index (κ2) is 5.13. The predicted octanol–water partition coefficient (Wildman–Crippen LogP) is -2.20. The molecule has 0 aliphatic heterocycles. The summed E-state index contributed by atoms with van der Waals surface area (Å²) in [5.41, 5.74) is 0. The lowest BCUT2D eigenvalue weighted by Crippen LogP contribution is -2.50. The third kappa shape index (κ3) is 5.66. The number of amides is 1. The Labute approximate surface area is 74.9 Å². The maximum atomic E-state index is 10.5. The molecule has 0 unspecified atom stereocenters. The largest absolute Gasteiger partial charge is 0.548 e. The number of hydrogen-bond acceptors (Lipinski definition) is 5. The van der Waals surface area contributed by atoms with Crippen molar-refractivity contribution in [1.29, 1.82) is 0 Å². The van der Waals surface area contributed by atoms with Crippen molar-refractivity contribution in [2.45, 2.75) is 19.9 Å². The highest BCUT2D eigenvalue weighted by atomic mass is 16.5. The number of carboxylic acids is 1. The minimum atomic E-state index is -1.49. The minimum absolute atomic E-state index is 0.419. The van der Waals surface area contributed by atoms with Gasteiger partial charge in [0.05, 0.1) is 5.97 Å². The highest BCUT2D eigenvalue weighted by molar-refractivity contribution is 5.81. The highest BCUT2D eigenvalue weighted by Crippen LogP contribution is 1.85. The monoisotopic (exact) mass is 188 g/mol. The van der Waals surface area contributed by atoms with Gasteiger partial charge in [-0.3, -0.25) is 9.59 Å². The number of carboxylic acid groups (broad SMARTS) is 1. The molecule has 6 nitrogen and oxygen atoms in total. The lowest BCUT2D eigenvalue weighted by Gasteiger charge is -2.17. The molecule has 0 spiro atoms. The third-order valence-electron chi connectivity index (χ3n) is 1.12. The summed E-state index contributed by atoms with van der Waals surface area (Å²) in [6.45, 7) is 1.88. The van der Waals surface area contributed by atoms with Gasteiger partial charge in [-0.05, 0) is 0 Å². The number of carbonyl (C=O) groups excluding carboxylic acids is 3. The first-order valence-corrected chi connectivity index (χ1v) is 3.54. The number of aliphatic carboxylic acids is 1. The van der Waals surface area contributed by atoms with E-state index in [9.17, 15) is 19.5 Å². The van der Waals surface area contributed by atoms with Gasteiger partial charge in [-0.2, -0.15) is 0 Å². The first kappa shape index (κ1) is 11.4. The molecular formula is C7H10NO5-. The fourth-order valence-electron chi connectivity index (χ4n) is 0.615. The zero-order chi connectivity index (χ0) is 10.4. The van der Waals surface area contributed by atoms with Gasteiger partial charge in [-0.15, -0.1) is 0 Å². The highest BCUT2D eigenvalue weighted by Gasteiger charge is 2.12. The van der Waals surface area contributed by atoms with Crippen molar-refractivity contribution in [2.75, 3.05) is 6.61 Å². The summed E-state index contributed by atoms with van der Waals surface area (Å²) in [6.07, 6.45) is 0. The maximum Gasteiger partial charge on any atom is 0.302 e. The zero-order valence-electron chi connectivity index (χ0n) is 7.33. The number of carbonyl (C=O) groups is 3. The minimum Gasteiger partial charge on any atom is -0.548 e. The van der Waals surface area contributed by atoms with Crippen molar-refractivity contribution in [3.63, 3.8) is 0 Å². The second-order valence-corrected chi connectivity index (χ2v) is 2.37. The van der Waals surface area contributed by atoms with Crippen LogP contribution in [-0.2, 0) is 19.1 Å². The van der Waals surface area contributed by atoms with Crippen LogP contribution in [0.3, 0.4) is 0 Å². The van der Waals surface area contributed by atoms with Gasteiger partial charge in [-0.1, -0.05) is 0 Å². The summed E-state index contributed by atoms with van der Waals surface area (Å²) in [5, 5.41) is 12.4. The topological polar surface area (TPSA) is 95.5 Å². The molecule has 0 fully saturated rings. The van der Waals surface area contributed by atoms with E-state index in [1.807, 2.05) is 0 Å². The summed E-state index contributed by atoms with van der Waals surface area (Å²) >= 11 is 0. The molecule has 0 bridgehead atoms. The fourth-order valence-corrected chi connectivity index (χ4v) is 0.615. The standard InChI is InChI=1S/C7H11NO5/c1-4(9)8-6(7(11)12)3-13-5(2)10/h6H,3H2,1-2H3,(H,8,9)(H,11,12)/p-1/t6-/m0/s1. The van der Waals surface area contributed by atoms with Crippen molar-refractivity contribution in [3.8, 4) is 0 Å². The van der Waals surface area contributed by atoms with E-state index in [2.05, 4.69) is 10.1 Å². The van der Waals surface area contributed by atoms with E-state index in [0.29, 0.717) is 0 Å². The van der Waals surface area contributed by atoms with Gasteiger partial charge in [0.15, 0.2) is 0 Å². The first-order valence-electron chi connectivity index (χ1n) is 3.54. The van der Waals surface area contributed by atoms with E-state index in [1.165, 1.54) is 0 Å². The molecule has 0 radical (unpaired) electrons. The second-order valence-electron chi connectivity index (χ2n) is 2.37. The van der Waals surface area contributed by atoms with Crippen molar-refractivity contribution in [1.82, 2.24) is 5.32 Å². The molecular weight excluding hydrogens is 178 g/mol. The van der Waals surface area contributed by atoms with Crippen molar-refractivity contribution < 1.29 is 24.2 Å². The maximum absolute atomic E-state index is 10.5. The van der Waals surface area contributed by atoms with Gasteiger partial charge in [0.1, 0.15) is 12.6 Å². The van der Waals surface area contributed by atoms with Crippen molar-refractivity contribution >= 4 is 17.8 Å². The van der Waals surface area contributed by atoms with Crippen LogP contribution in [0.1, 0.15) is 13.8 Å². The van der Waals surface area contributed by atoms with Crippen LogP contribution in [0.25, 0.3) is 0 Å². The molecule has 1 N–H and O–H groups in total. The van der Waals surface area contributed by atoms with Crippen LogP contribution >= 0.6 is 0 Å². The average Bonchev–Trinajstić information content (AvgIpc) is 1.96. The quantitative estimate of drug-likeness (QED) is 0.505. The Morgan fingerprint density at radius 3 is 2.23 bits per heavy atom. The Morgan fingerprint density at radius 2 is 1.92 bits per heavy atom. The van der Waals surface area contributed by atoms with Gasteiger partial charge < -0.3 is 20.0 Å². The lowest BCUT2D eigenvalue weighted by atomic mass is 10.3. The molecule has 74 valence electrons. The Kier molecular flexibility index (Phi) is 4.50. The van der Waals surface area contributed by atoms with Crippen LogP contribution in [0.15, 0.2) is 0 Å². The zero-order valence-corrected chi connectivity index (χ0v) is 7.33. The molecule has 13 heavy (non-hydrogen) atoms. The van der Waals surface area contributed by atoms with Gasteiger partial charge >= 0.3 is 5.97 Å². The number of rotatable bonds is 4. The molecule has 0 heterocycles. The van der Waals surface area contributed by atoms with E-state index < -0.39 is 30.5 Å². The first-order chi connectivity index (χ1) is 5.93. The van der Waals surface area contributed by atoms with Crippen LogP contribution < -0.4 is 10.4 Å². The molecule has 0 aliphatic rings. The number of nitrogens with one attached hydrogen (secondary N) is 1. The number of ether oxygens (including phenoxy) is 1. The van der Waals surface area contributed by atoms with Crippen LogP contribution in [-0.4, -0.2) is 30.5 Å². The van der Waals surface area contributed by atoms with Gasteiger partial charge in [-0.25, -0.2) is 0 Å². The molecule has 1 amide bonds.